The molecular weight excluding hydrogens is 298 g/mol. The van der Waals surface area contributed by atoms with E-state index in [1.807, 2.05) is 30.3 Å². The predicted molar refractivity (Wildman–Crippen MR) is 83.5 cm³/mol. The fourth-order valence-electron chi connectivity index (χ4n) is 2.52. The number of nitrogens with one attached hydrogen (secondary N) is 1. The van der Waals surface area contributed by atoms with Gasteiger partial charge in [-0.05, 0) is 25.8 Å². The summed E-state index contributed by atoms with van der Waals surface area (Å²) in [7, 11) is 0. The second-order valence-electron chi connectivity index (χ2n) is 5.74. The van der Waals surface area contributed by atoms with E-state index in [9.17, 15) is 14.7 Å². The third-order valence-electron chi connectivity index (χ3n) is 3.94. The van der Waals surface area contributed by atoms with E-state index in [0.717, 1.165) is 5.56 Å². The first-order chi connectivity index (χ1) is 11.0. The van der Waals surface area contributed by atoms with Crippen LogP contribution in [0.15, 0.2) is 30.3 Å². The Morgan fingerprint density at radius 3 is 2.65 bits per heavy atom. The lowest BCUT2D eigenvalue weighted by atomic mass is 10.1. The number of ether oxygens (including phenoxy) is 2. The number of carbonyl (C=O) groups is 2. The molecule has 126 valence electrons. The number of alkyl carbamates (subject to hydrolysis) is 1. The van der Waals surface area contributed by atoms with Crippen LogP contribution in [-0.4, -0.2) is 35.9 Å². The molecule has 1 aliphatic rings. The summed E-state index contributed by atoms with van der Waals surface area (Å²) < 4.78 is 10.0. The Bertz CT molecular complexity index is 533. The van der Waals surface area contributed by atoms with E-state index in [4.69, 9.17) is 9.47 Å². The number of hydrogen-bond acceptors (Lipinski definition) is 5. The maximum Gasteiger partial charge on any atom is 0.407 e. The van der Waals surface area contributed by atoms with Crippen molar-refractivity contribution in [1.29, 1.82) is 0 Å². The van der Waals surface area contributed by atoms with E-state index in [0.29, 0.717) is 13.0 Å². The van der Waals surface area contributed by atoms with Crippen molar-refractivity contribution >= 4 is 12.1 Å². The van der Waals surface area contributed by atoms with E-state index < -0.39 is 18.2 Å². The maximum absolute atomic E-state index is 11.8. The molecule has 1 fully saturated rings. The Hall–Kier alpha value is -2.08. The summed E-state index contributed by atoms with van der Waals surface area (Å²) in [5, 5.41) is 12.8. The van der Waals surface area contributed by atoms with Gasteiger partial charge in [-0.15, -0.1) is 0 Å². The largest absolute Gasteiger partial charge is 0.466 e. The zero-order chi connectivity index (χ0) is 16.8. The molecule has 1 saturated carbocycles. The van der Waals surface area contributed by atoms with Crippen LogP contribution in [0.5, 0.6) is 0 Å². The number of hydrogen-bond donors (Lipinski definition) is 2. The molecule has 2 rings (SSSR count). The van der Waals surface area contributed by atoms with Gasteiger partial charge in [0.1, 0.15) is 6.61 Å². The zero-order valence-corrected chi connectivity index (χ0v) is 13.4. The highest BCUT2D eigenvalue weighted by atomic mass is 16.5. The summed E-state index contributed by atoms with van der Waals surface area (Å²) in [5.41, 5.74) is 0.889. The molecule has 6 nitrogen and oxygen atoms in total. The van der Waals surface area contributed by atoms with Crippen molar-refractivity contribution in [2.45, 2.75) is 39.0 Å². The summed E-state index contributed by atoms with van der Waals surface area (Å²) >= 11 is 0. The highest BCUT2D eigenvalue weighted by molar-refractivity contribution is 5.76. The van der Waals surface area contributed by atoms with Gasteiger partial charge in [0.25, 0.3) is 0 Å². The molecule has 0 aromatic heterocycles. The summed E-state index contributed by atoms with van der Waals surface area (Å²) in [4.78, 5) is 23.3. The Labute approximate surface area is 135 Å². The average Bonchev–Trinajstić information content (AvgIpc) is 3.34. The first-order valence-corrected chi connectivity index (χ1v) is 7.84. The number of aliphatic hydroxyl groups is 1. The first-order valence-electron chi connectivity index (χ1n) is 7.84. The van der Waals surface area contributed by atoms with E-state index in [-0.39, 0.29) is 24.4 Å². The Kier molecular flexibility index (Phi) is 5.98. The molecule has 0 saturated heterocycles. The quantitative estimate of drug-likeness (QED) is 0.749. The number of aliphatic hydroxyl groups excluding tert-OH is 1. The molecule has 1 aromatic carbocycles. The lowest BCUT2D eigenvalue weighted by Gasteiger charge is -2.20. The van der Waals surface area contributed by atoms with Gasteiger partial charge in [0.15, 0.2) is 0 Å². The van der Waals surface area contributed by atoms with Crippen molar-refractivity contribution in [3.05, 3.63) is 35.9 Å². The monoisotopic (exact) mass is 321 g/mol. The van der Waals surface area contributed by atoms with Crippen LogP contribution < -0.4 is 5.32 Å². The van der Waals surface area contributed by atoms with Crippen LogP contribution in [0.3, 0.4) is 0 Å². The lowest BCUT2D eigenvalue weighted by Crippen LogP contribution is -2.42. The molecule has 0 aliphatic heterocycles. The predicted octanol–water partition coefficient (Wildman–Crippen LogP) is 1.86. The van der Waals surface area contributed by atoms with E-state index in [1.165, 1.54) is 0 Å². The molecule has 1 aromatic rings. The Balaban J connectivity index is 1.72. The van der Waals surface area contributed by atoms with Gasteiger partial charge in [-0.1, -0.05) is 30.3 Å². The van der Waals surface area contributed by atoms with Gasteiger partial charge in [-0.3, -0.25) is 4.79 Å². The number of rotatable bonds is 7. The summed E-state index contributed by atoms with van der Waals surface area (Å²) in [6, 6.07) is 8.84. The second-order valence-corrected chi connectivity index (χ2v) is 5.74. The molecule has 0 bridgehead atoms. The molecule has 0 spiro atoms. The van der Waals surface area contributed by atoms with Crippen molar-refractivity contribution in [2.24, 2.45) is 11.8 Å². The summed E-state index contributed by atoms with van der Waals surface area (Å²) in [6.07, 6.45) is -0.798. The van der Waals surface area contributed by atoms with E-state index in [2.05, 4.69) is 5.32 Å². The van der Waals surface area contributed by atoms with Crippen LogP contribution in [0.4, 0.5) is 4.79 Å². The number of amides is 1. The third-order valence-corrected chi connectivity index (χ3v) is 3.94. The molecule has 4 atom stereocenters. The molecule has 1 amide bonds. The molecule has 0 heterocycles. The van der Waals surface area contributed by atoms with Crippen molar-refractivity contribution in [1.82, 2.24) is 5.32 Å². The van der Waals surface area contributed by atoms with E-state index >= 15 is 0 Å². The topological polar surface area (TPSA) is 84.9 Å². The molecule has 2 N–H and O–H groups in total. The van der Waals surface area contributed by atoms with Gasteiger partial charge in [-0.2, -0.15) is 0 Å². The molecule has 23 heavy (non-hydrogen) atoms. The highest BCUT2D eigenvalue weighted by Gasteiger charge is 2.50. The fourth-order valence-corrected chi connectivity index (χ4v) is 2.52. The minimum atomic E-state index is -0.798. The van der Waals surface area contributed by atoms with Gasteiger partial charge in [0.05, 0.1) is 24.7 Å². The molecule has 0 radical (unpaired) electrons. The standard InChI is InChI=1S/C17H23NO5/c1-3-22-16(20)14-9-13(14)15(19)11(2)18-17(21)23-10-12-7-5-4-6-8-12/h4-8,11,13-15,19H,3,9-10H2,1-2H3,(H,18,21)/t11-,13-,14-,15?/m0/s1. The summed E-state index contributed by atoms with van der Waals surface area (Å²) in [5.74, 6) is -0.719. The Morgan fingerprint density at radius 1 is 1.30 bits per heavy atom. The number of esters is 1. The van der Waals surface area contributed by atoms with E-state index in [1.54, 1.807) is 13.8 Å². The number of carbonyl (C=O) groups excluding carboxylic acids is 2. The number of benzene rings is 1. The second kappa shape index (κ2) is 7.97. The fraction of sp³-hybridized carbons (Fsp3) is 0.529. The zero-order valence-electron chi connectivity index (χ0n) is 13.4. The van der Waals surface area contributed by atoms with Crippen LogP contribution in [0.1, 0.15) is 25.8 Å². The van der Waals surface area contributed by atoms with Crippen molar-refractivity contribution in [2.75, 3.05) is 6.61 Å². The molecule has 1 unspecified atom stereocenters. The normalized spacial score (nSPS) is 21.9. The molecule has 1 aliphatic carbocycles. The Morgan fingerprint density at radius 2 is 2.00 bits per heavy atom. The van der Waals surface area contributed by atoms with Crippen LogP contribution in [0.2, 0.25) is 0 Å². The summed E-state index contributed by atoms with van der Waals surface area (Å²) in [6.45, 7) is 3.94. The minimum Gasteiger partial charge on any atom is -0.466 e. The van der Waals surface area contributed by atoms with Crippen molar-refractivity contribution in [3.63, 3.8) is 0 Å². The maximum atomic E-state index is 11.8. The minimum absolute atomic E-state index is 0.168. The van der Waals surface area contributed by atoms with Gasteiger partial charge >= 0.3 is 12.1 Å². The SMILES string of the molecule is CCOC(=O)[C@H]1C[C@@H]1C(O)[C@H](C)NC(=O)OCc1ccccc1. The first kappa shape index (κ1) is 17.3. The van der Waals surface area contributed by atoms with Gasteiger partial charge in [-0.25, -0.2) is 4.79 Å². The smallest absolute Gasteiger partial charge is 0.407 e. The van der Waals surface area contributed by atoms with Crippen LogP contribution in [0, 0.1) is 11.8 Å². The van der Waals surface area contributed by atoms with Gasteiger partial charge < -0.3 is 19.9 Å². The highest BCUT2D eigenvalue weighted by Crippen LogP contribution is 2.43. The van der Waals surface area contributed by atoms with Gasteiger partial charge in [0.2, 0.25) is 0 Å². The molecular formula is C17H23NO5. The van der Waals surface area contributed by atoms with Crippen molar-refractivity contribution in [3.8, 4) is 0 Å². The van der Waals surface area contributed by atoms with Gasteiger partial charge in [0, 0.05) is 5.92 Å². The van der Waals surface area contributed by atoms with Crippen LogP contribution in [0.25, 0.3) is 0 Å². The lowest BCUT2D eigenvalue weighted by molar-refractivity contribution is -0.145. The van der Waals surface area contributed by atoms with Crippen molar-refractivity contribution < 1.29 is 24.2 Å². The van der Waals surface area contributed by atoms with Crippen LogP contribution in [-0.2, 0) is 20.9 Å². The third kappa shape index (κ3) is 4.96. The average molecular weight is 321 g/mol. The molecule has 6 heteroatoms. The van der Waals surface area contributed by atoms with Crippen LogP contribution >= 0.6 is 0 Å².